The Labute approximate surface area is 143 Å². The minimum absolute atomic E-state index is 0.00142. The van der Waals surface area contributed by atoms with Crippen LogP contribution >= 0.6 is 0 Å². The summed E-state index contributed by atoms with van der Waals surface area (Å²) in [7, 11) is 0. The van der Waals surface area contributed by atoms with Crippen LogP contribution in [0.25, 0.3) is 0 Å². The van der Waals surface area contributed by atoms with Crippen molar-refractivity contribution in [3.63, 3.8) is 0 Å². The first-order valence-electron chi connectivity index (χ1n) is 8.52. The van der Waals surface area contributed by atoms with Crippen LogP contribution in [0.3, 0.4) is 0 Å². The van der Waals surface area contributed by atoms with Gasteiger partial charge in [-0.15, -0.1) is 0 Å². The predicted molar refractivity (Wildman–Crippen MR) is 91.8 cm³/mol. The second-order valence-corrected chi connectivity index (χ2v) is 6.73. The molecule has 2 rings (SSSR count). The zero-order valence-electron chi connectivity index (χ0n) is 14.8. The van der Waals surface area contributed by atoms with Crippen molar-refractivity contribution in [3.05, 3.63) is 35.4 Å². The Kier molecular flexibility index (Phi) is 6.52. The molecule has 0 saturated carbocycles. The highest BCUT2D eigenvalue weighted by Gasteiger charge is 2.32. The van der Waals surface area contributed by atoms with Crippen LogP contribution in [0, 0.1) is 12.8 Å². The molecule has 0 radical (unpaired) electrons. The Bertz CT molecular complexity index is 561. The molecule has 1 saturated heterocycles. The van der Waals surface area contributed by atoms with Crippen LogP contribution in [0.2, 0.25) is 0 Å². The maximum Gasteiger partial charge on any atom is 0.220 e. The van der Waals surface area contributed by atoms with Crippen LogP contribution < -0.4 is 5.32 Å². The van der Waals surface area contributed by atoms with Crippen LogP contribution in [0.5, 0.6) is 0 Å². The van der Waals surface area contributed by atoms with Gasteiger partial charge in [0, 0.05) is 31.4 Å². The summed E-state index contributed by atoms with van der Waals surface area (Å²) in [6, 6.07) is 7.42. The van der Waals surface area contributed by atoms with Crippen LogP contribution in [0.1, 0.15) is 49.0 Å². The number of carbonyl (C=O) groups is 2. The average molecular weight is 333 g/mol. The van der Waals surface area contributed by atoms with E-state index in [-0.39, 0.29) is 30.4 Å². The maximum atomic E-state index is 12.1. The highest BCUT2D eigenvalue weighted by atomic mass is 16.7. The Morgan fingerprint density at radius 2 is 1.79 bits per heavy atom. The number of aryl methyl sites for hydroxylation is 1. The largest absolute Gasteiger partial charge is 0.356 e. The summed E-state index contributed by atoms with van der Waals surface area (Å²) < 4.78 is 11.1. The molecule has 1 unspecified atom stereocenters. The minimum atomic E-state index is -0.536. The summed E-state index contributed by atoms with van der Waals surface area (Å²) in [6.45, 7) is 7.75. The quantitative estimate of drug-likeness (QED) is 0.743. The van der Waals surface area contributed by atoms with Gasteiger partial charge >= 0.3 is 0 Å². The van der Waals surface area contributed by atoms with Gasteiger partial charge in [0.2, 0.25) is 5.91 Å². The SMILES string of the molecule is Cc1ccc(C(=O)CCC(=O)NCC(C)CC2(C)OCCO2)cc1. The summed E-state index contributed by atoms with van der Waals surface area (Å²) in [6.07, 6.45) is 1.17. The standard InChI is InChI=1S/C19H27NO4/c1-14-4-6-16(7-5-14)17(21)8-9-18(22)20-13-15(2)12-19(3)23-10-11-24-19/h4-7,15H,8-13H2,1-3H3,(H,20,22). The fourth-order valence-corrected chi connectivity index (χ4v) is 2.87. The minimum Gasteiger partial charge on any atom is -0.356 e. The van der Waals surface area contributed by atoms with Crippen molar-refractivity contribution < 1.29 is 19.1 Å². The van der Waals surface area contributed by atoms with Gasteiger partial charge in [0.25, 0.3) is 0 Å². The van der Waals surface area contributed by atoms with Crippen LogP contribution in [0.15, 0.2) is 24.3 Å². The third kappa shape index (κ3) is 5.73. The van der Waals surface area contributed by atoms with Crippen molar-refractivity contribution in [3.8, 4) is 0 Å². The molecule has 5 nitrogen and oxygen atoms in total. The molecule has 1 aromatic carbocycles. The molecule has 24 heavy (non-hydrogen) atoms. The summed E-state index contributed by atoms with van der Waals surface area (Å²) in [5, 5.41) is 2.89. The lowest BCUT2D eigenvalue weighted by atomic mass is 10.0. The van der Waals surface area contributed by atoms with E-state index >= 15 is 0 Å². The molecular formula is C19H27NO4. The molecule has 0 bridgehead atoms. The zero-order valence-corrected chi connectivity index (χ0v) is 14.8. The molecule has 1 heterocycles. The maximum absolute atomic E-state index is 12.1. The first-order chi connectivity index (χ1) is 11.4. The van der Waals surface area contributed by atoms with E-state index in [0.717, 1.165) is 12.0 Å². The topological polar surface area (TPSA) is 64.6 Å². The van der Waals surface area contributed by atoms with Crippen LogP contribution in [-0.4, -0.2) is 37.2 Å². The van der Waals surface area contributed by atoms with E-state index in [1.165, 1.54) is 0 Å². The predicted octanol–water partition coefficient (Wildman–Crippen LogP) is 2.86. The van der Waals surface area contributed by atoms with Gasteiger partial charge in [0.1, 0.15) is 0 Å². The molecule has 1 atom stereocenters. The zero-order chi connectivity index (χ0) is 17.6. The number of nitrogens with one attached hydrogen (secondary N) is 1. The number of amides is 1. The second-order valence-electron chi connectivity index (χ2n) is 6.73. The molecule has 1 amide bonds. The lowest BCUT2D eigenvalue weighted by molar-refractivity contribution is -0.154. The number of ketones is 1. The molecule has 1 aliphatic rings. The van der Waals surface area contributed by atoms with Gasteiger partial charge in [-0.05, 0) is 19.8 Å². The van der Waals surface area contributed by atoms with E-state index in [2.05, 4.69) is 5.32 Å². The third-order valence-electron chi connectivity index (χ3n) is 4.22. The van der Waals surface area contributed by atoms with Gasteiger partial charge in [0.05, 0.1) is 13.2 Å². The Morgan fingerprint density at radius 3 is 2.42 bits per heavy atom. The number of hydrogen-bond donors (Lipinski definition) is 1. The fourth-order valence-electron chi connectivity index (χ4n) is 2.87. The molecule has 1 aliphatic heterocycles. The molecule has 0 aromatic heterocycles. The van der Waals surface area contributed by atoms with Crippen LogP contribution in [0.4, 0.5) is 0 Å². The molecule has 1 aromatic rings. The molecule has 0 spiro atoms. The lowest BCUT2D eigenvalue weighted by Gasteiger charge is -2.26. The molecule has 0 aliphatic carbocycles. The van der Waals surface area contributed by atoms with Crippen molar-refractivity contribution in [1.29, 1.82) is 0 Å². The molecule has 5 heteroatoms. The van der Waals surface area contributed by atoms with E-state index in [9.17, 15) is 9.59 Å². The van der Waals surface area contributed by atoms with Crippen molar-refractivity contribution in [1.82, 2.24) is 5.32 Å². The van der Waals surface area contributed by atoms with Gasteiger partial charge in [-0.25, -0.2) is 0 Å². The second kappa shape index (κ2) is 8.40. The monoisotopic (exact) mass is 333 g/mol. The molecule has 1 N–H and O–H groups in total. The van der Waals surface area contributed by atoms with Gasteiger partial charge in [0.15, 0.2) is 11.6 Å². The van der Waals surface area contributed by atoms with E-state index in [4.69, 9.17) is 9.47 Å². The number of benzene rings is 1. The number of Topliss-reactive ketones (excluding diaryl/α,β-unsaturated/α-hetero) is 1. The molecular weight excluding hydrogens is 306 g/mol. The van der Waals surface area contributed by atoms with Crippen molar-refractivity contribution in [2.45, 2.75) is 45.8 Å². The third-order valence-corrected chi connectivity index (χ3v) is 4.22. The van der Waals surface area contributed by atoms with Crippen molar-refractivity contribution in [2.24, 2.45) is 5.92 Å². The summed E-state index contributed by atoms with van der Waals surface area (Å²) in [5.41, 5.74) is 1.77. The number of hydrogen-bond acceptors (Lipinski definition) is 4. The first kappa shape index (κ1) is 18.6. The molecule has 1 fully saturated rings. The highest BCUT2D eigenvalue weighted by Crippen LogP contribution is 2.26. The van der Waals surface area contributed by atoms with Gasteiger partial charge in [-0.1, -0.05) is 36.8 Å². The number of rotatable bonds is 8. The van der Waals surface area contributed by atoms with E-state index < -0.39 is 5.79 Å². The normalized spacial score (nSPS) is 17.5. The van der Waals surface area contributed by atoms with E-state index in [1.54, 1.807) is 12.1 Å². The van der Waals surface area contributed by atoms with E-state index in [1.807, 2.05) is 32.9 Å². The Balaban J connectivity index is 1.67. The fraction of sp³-hybridized carbons (Fsp3) is 0.579. The Morgan fingerprint density at radius 1 is 1.17 bits per heavy atom. The van der Waals surface area contributed by atoms with Crippen LogP contribution in [-0.2, 0) is 14.3 Å². The molecule has 132 valence electrons. The lowest BCUT2D eigenvalue weighted by Crippen LogP contribution is -2.34. The highest BCUT2D eigenvalue weighted by molar-refractivity contribution is 5.97. The Hall–Kier alpha value is -1.72. The first-order valence-corrected chi connectivity index (χ1v) is 8.52. The van der Waals surface area contributed by atoms with E-state index in [0.29, 0.717) is 25.3 Å². The number of carbonyl (C=O) groups excluding carboxylic acids is 2. The summed E-state index contributed by atoms with van der Waals surface area (Å²) in [4.78, 5) is 24.0. The summed E-state index contributed by atoms with van der Waals surface area (Å²) >= 11 is 0. The van der Waals surface area contributed by atoms with Gasteiger partial charge < -0.3 is 14.8 Å². The number of ether oxygens (including phenoxy) is 2. The van der Waals surface area contributed by atoms with Gasteiger partial charge in [-0.3, -0.25) is 9.59 Å². The summed E-state index contributed by atoms with van der Waals surface area (Å²) in [5.74, 6) is -0.394. The van der Waals surface area contributed by atoms with Crippen molar-refractivity contribution in [2.75, 3.05) is 19.8 Å². The smallest absolute Gasteiger partial charge is 0.220 e. The van der Waals surface area contributed by atoms with Crippen molar-refractivity contribution >= 4 is 11.7 Å². The average Bonchev–Trinajstić information content (AvgIpc) is 2.97. The van der Waals surface area contributed by atoms with Gasteiger partial charge in [-0.2, -0.15) is 0 Å².